The van der Waals surface area contributed by atoms with Gasteiger partial charge in [-0.1, -0.05) is 6.07 Å². The second kappa shape index (κ2) is 5.74. The number of nitrogens with two attached hydrogens (primary N) is 1. The molecule has 0 fully saturated rings. The van der Waals surface area contributed by atoms with Crippen molar-refractivity contribution >= 4 is 28.4 Å². The van der Waals surface area contributed by atoms with E-state index in [2.05, 4.69) is 9.97 Å². The molecular weight excluding hydrogens is 310 g/mol. The fourth-order valence-corrected chi connectivity index (χ4v) is 2.85. The summed E-state index contributed by atoms with van der Waals surface area (Å²) < 4.78 is 1.53. The van der Waals surface area contributed by atoms with Gasteiger partial charge < -0.3 is 10.3 Å². The van der Waals surface area contributed by atoms with E-state index in [0.717, 1.165) is 10.9 Å². The zero-order chi connectivity index (χ0) is 16.6. The predicted octanol–water partition coefficient (Wildman–Crippen LogP) is 2.17. The number of rotatable bonds is 2. The summed E-state index contributed by atoms with van der Waals surface area (Å²) >= 11 is 1.34. The van der Waals surface area contributed by atoms with E-state index in [4.69, 9.17) is 11.0 Å². The smallest absolute Gasteiger partial charge is 0.258 e. The number of pyridine rings is 1. The molecule has 0 bridgehead atoms. The van der Waals surface area contributed by atoms with Crippen LogP contribution in [0.1, 0.15) is 5.56 Å². The summed E-state index contributed by atoms with van der Waals surface area (Å²) in [5.41, 5.74) is 6.84. The van der Waals surface area contributed by atoms with E-state index in [1.54, 1.807) is 25.4 Å². The van der Waals surface area contributed by atoms with Gasteiger partial charge in [-0.05, 0) is 29.8 Å². The highest BCUT2D eigenvalue weighted by molar-refractivity contribution is 7.98. The quantitative estimate of drug-likeness (QED) is 0.573. The van der Waals surface area contributed by atoms with Crippen LogP contribution >= 0.6 is 11.8 Å². The summed E-state index contributed by atoms with van der Waals surface area (Å²) in [6.07, 6.45) is 3.55. The van der Waals surface area contributed by atoms with Crippen LogP contribution in [0, 0.1) is 11.3 Å². The van der Waals surface area contributed by atoms with Gasteiger partial charge in [0, 0.05) is 24.2 Å². The molecule has 7 heteroatoms. The average molecular weight is 323 g/mol. The Labute approximate surface area is 136 Å². The fourth-order valence-electron chi connectivity index (χ4n) is 2.32. The number of hydrogen-bond donors (Lipinski definition) is 1. The minimum absolute atomic E-state index is 0.0564. The maximum absolute atomic E-state index is 12.1. The van der Waals surface area contributed by atoms with E-state index in [9.17, 15) is 4.79 Å². The van der Waals surface area contributed by atoms with E-state index in [0.29, 0.717) is 16.2 Å². The van der Waals surface area contributed by atoms with E-state index >= 15 is 0 Å². The number of nitrogen functional groups attached to an aromatic ring is 1. The average Bonchev–Trinajstić information content (AvgIpc) is 2.57. The number of aryl methyl sites for hydroxylation is 1. The van der Waals surface area contributed by atoms with Crippen molar-refractivity contribution in [3.63, 3.8) is 0 Å². The lowest BCUT2D eigenvalue weighted by atomic mass is 10.1. The minimum Gasteiger partial charge on any atom is -0.382 e. The van der Waals surface area contributed by atoms with Gasteiger partial charge in [0.2, 0.25) is 0 Å². The Morgan fingerprint density at radius 2 is 2.09 bits per heavy atom. The Morgan fingerprint density at radius 1 is 1.30 bits per heavy atom. The number of hydrogen-bond acceptors (Lipinski definition) is 6. The lowest BCUT2D eigenvalue weighted by molar-refractivity contribution is 0.873. The summed E-state index contributed by atoms with van der Waals surface area (Å²) in [5, 5.41) is 11.1. The van der Waals surface area contributed by atoms with Gasteiger partial charge >= 0.3 is 0 Å². The molecule has 3 rings (SSSR count). The zero-order valence-corrected chi connectivity index (χ0v) is 13.4. The standard InChI is InChI=1S/C16H13N5OS/c1-21-6-5-9-7-10(3-4-11(9)16(21)22)14-19-13(18)12(8-17)15(20-14)23-2/h3-7H,1-2H3,(H2,18,19,20). The maximum atomic E-state index is 12.1. The Balaban J connectivity index is 2.22. The van der Waals surface area contributed by atoms with Gasteiger partial charge in [-0.25, -0.2) is 9.97 Å². The molecule has 0 amide bonds. The molecule has 0 atom stereocenters. The fraction of sp³-hybridized carbons (Fsp3) is 0.125. The lowest BCUT2D eigenvalue weighted by Gasteiger charge is -2.08. The van der Waals surface area contributed by atoms with Crippen LogP contribution in [-0.2, 0) is 7.05 Å². The molecule has 6 nitrogen and oxygen atoms in total. The molecule has 3 aromatic rings. The number of nitriles is 1. The number of thioether (sulfide) groups is 1. The Kier molecular flexibility index (Phi) is 3.76. The molecule has 0 saturated heterocycles. The molecule has 114 valence electrons. The van der Waals surface area contributed by atoms with Crippen molar-refractivity contribution in [2.24, 2.45) is 7.05 Å². The van der Waals surface area contributed by atoms with Crippen molar-refractivity contribution in [2.75, 3.05) is 12.0 Å². The van der Waals surface area contributed by atoms with Gasteiger partial charge in [0.25, 0.3) is 5.56 Å². The van der Waals surface area contributed by atoms with Crippen LogP contribution in [0.15, 0.2) is 40.3 Å². The van der Waals surface area contributed by atoms with Crippen LogP contribution in [0.4, 0.5) is 5.82 Å². The van der Waals surface area contributed by atoms with Crippen LogP contribution in [0.5, 0.6) is 0 Å². The topological polar surface area (TPSA) is 97.6 Å². The van der Waals surface area contributed by atoms with Crippen molar-refractivity contribution in [3.8, 4) is 17.5 Å². The highest BCUT2D eigenvalue weighted by atomic mass is 32.2. The molecule has 0 aliphatic rings. The summed E-state index contributed by atoms with van der Waals surface area (Å²) in [5.74, 6) is 0.597. The molecule has 0 saturated carbocycles. The molecule has 1 aromatic carbocycles. The predicted molar refractivity (Wildman–Crippen MR) is 91.1 cm³/mol. The summed E-state index contributed by atoms with van der Waals surface area (Å²) in [6, 6.07) is 9.27. The first-order chi connectivity index (χ1) is 11.0. The van der Waals surface area contributed by atoms with Gasteiger partial charge in [0.15, 0.2) is 5.82 Å². The first kappa shape index (κ1) is 15.1. The molecule has 0 unspecified atom stereocenters. The number of benzene rings is 1. The van der Waals surface area contributed by atoms with Crippen LogP contribution in [0.3, 0.4) is 0 Å². The van der Waals surface area contributed by atoms with Crippen LogP contribution < -0.4 is 11.3 Å². The molecule has 0 spiro atoms. The van der Waals surface area contributed by atoms with Crippen molar-refractivity contribution in [3.05, 3.63) is 46.4 Å². The van der Waals surface area contributed by atoms with Gasteiger partial charge in [-0.15, -0.1) is 11.8 Å². The second-order valence-electron chi connectivity index (χ2n) is 4.96. The normalized spacial score (nSPS) is 10.7. The van der Waals surface area contributed by atoms with E-state index in [1.807, 2.05) is 24.5 Å². The van der Waals surface area contributed by atoms with Crippen molar-refractivity contribution in [1.29, 1.82) is 5.26 Å². The molecule has 2 heterocycles. The third kappa shape index (κ3) is 2.53. The SMILES string of the molecule is CSc1nc(-c2ccc3c(=O)n(C)ccc3c2)nc(N)c1C#N. The van der Waals surface area contributed by atoms with Crippen LogP contribution in [0.25, 0.3) is 22.2 Å². The van der Waals surface area contributed by atoms with Crippen LogP contribution in [0.2, 0.25) is 0 Å². The van der Waals surface area contributed by atoms with Crippen molar-refractivity contribution in [1.82, 2.24) is 14.5 Å². The Bertz CT molecular complexity index is 1020. The molecule has 0 radical (unpaired) electrons. The zero-order valence-electron chi connectivity index (χ0n) is 12.6. The van der Waals surface area contributed by atoms with E-state index in [1.165, 1.54) is 16.3 Å². The lowest BCUT2D eigenvalue weighted by Crippen LogP contribution is -2.15. The number of nitrogens with zero attached hydrogens (tertiary/aromatic N) is 4. The molecule has 23 heavy (non-hydrogen) atoms. The van der Waals surface area contributed by atoms with Gasteiger partial charge in [0.1, 0.15) is 22.5 Å². The monoisotopic (exact) mass is 323 g/mol. The van der Waals surface area contributed by atoms with Crippen LogP contribution in [-0.4, -0.2) is 20.8 Å². The molecule has 0 aliphatic carbocycles. The first-order valence-corrected chi connectivity index (χ1v) is 7.99. The number of fused-ring (bicyclic) bond motifs is 1. The summed E-state index contributed by atoms with van der Waals surface area (Å²) in [4.78, 5) is 20.7. The van der Waals surface area contributed by atoms with E-state index < -0.39 is 0 Å². The summed E-state index contributed by atoms with van der Waals surface area (Å²) in [6.45, 7) is 0. The van der Waals surface area contributed by atoms with Crippen molar-refractivity contribution in [2.45, 2.75) is 5.03 Å². The van der Waals surface area contributed by atoms with Gasteiger partial charge in [0.05, 0.1) is 0 Å². The minimum atomic E-state index is -0.0564. The van der Waals surface area contributed by atoms with Gasteiger partial charge in [-0.3, -0.25) is 4.79 Å². The molecule has 0 aliphatic heterocycles. The second-order valence-corrected chi connectivity index (χ2v) is 5.76. The Hall–Kier alpha value is -2.85. The number of aromatic nitrogens is 3. The van der Waals surface area contributed by atoms with E-state index in [-0.39, 0.29) is 16.9 Å². The third-order valence-corrected chi connectivity index (χ3v) is 4.23. The Morgan fingerprint density at radius 3 is 2.78 bits per heavy atom. The maximum Gasteiger partial charge on any atom is 0.258 e. The van der Waals surface area contributed by atoms with Crippen molar-refractivity contribution < 1.29 is 0 Å². The molecule has 2 N–H and O–H groups in total. The molecule has 2 aromatic heterocycles. The number of anilines is 1. The largest absolute Gasteiger partial charge is 0.382 e. The summed E-state index contributed by atoms with van der Waals surface area (Å²) in [7, 11) is 1.71. The van der Waals surface area contributed by atoms with Gasteiger partial charge in [-0.2, -0.15) is 5.26 Å². The highest BCUT2D eigenvalue weighted by Gasteiger charge is 2.13. The highest BCUT2D eigenvalue weighted by Crippen LogP contribution is 2.27. The first-order valence-electron chi connectivity index (χ1n) is 6.76. The molecular formula is C16H13N5OS. The third-order valence-electron chi connectivity index (χ3n) is 3.55.